The maximum absolute atomic E-state index is 6.05. The first-order chi connectivity index (χ1) is 8.13. The van der Waals surface area contributed by atoms with Crippen molar-refractivity contribution >= 4 is 23.4 Å². The number of rotatable bonds is 7. The lowest BCUT2D eigenvalue weighted by molar-refractivity contribution is 0.729. The molecule has 17 heavy (non-hydrogen) atoms. The summed E-state index contributed by atoms with van der Waals surface area (Å²) in [6, 6.07) is 6.32. The minimum Gasteiger partial charge on any atom is -0.328 e. The molecule has 0 aliphatic heterocycles. The van der Waals surface area contributed by atoms with Crippen LogP contribution in [0.5, 0.6) is 0 Å². The summed E-state index contributed by atoms with van der Waals surface area (Å²) in [6.45, 7) is 4.27. The molecule has 0 saturated carbocycles. The molecule has 96 valence electrons. The minimum absolute atomic E-state index is 0.200. The molecule has 0 bridgehead atoms. The predicted octanol–water partition coefficient (Wildman–Crippen LogP) is 4.51. The van der Waals surface area contributed by atoms with Crippen molar-refractivity contribution in [3.8, 4) is 0 Å². The zero-order valence-corrected chi connectivity index (χ0v) is 12.3. The molecule has 1 aromatic carbocycles. The van der Waals surface area contributed by atoms with Gasteiger partial charge in [0.05, 0.1) is 0 Å². The zero-order valence-electron chi connectivity index (χ0n) is 10.7. The number of halogens is 1. The van der Waals surface area contributed by atoms with Gasteiger partial charge in [0.2, 0.25) is 0 Å². The summed E-state index contributed by atoms with van der Waals surface area (Å²) < 4.78 is 0. The number of hydrogen-bond donors (Lipinski definition) is 1. The average molecular weight is 272 g/mol. The molecule has 1 atom stereocenters. The second-order valence-electron chi connectivity index (χ2n) is 4.49. The SMILES string of the molecule is CCCCCSc1cc(Cl)ccc1CC(C)N. The standard InChI is InChI=1S/C14H22ClNS/c1-3-4-5-8-17-14-10-13(15)7-6-12(14)9-11(2)16/h6-7,10-11H,3-5,8-9,16H2,1-2H3. The molecule has 1 nitrogen and oxygen atoms in total. The van der Waals surface area contributed by atoms with Crippen molar-refractivity contribution in [2.75, 3.05) is 5.75 Å². The van der Waals surface area contributed by atoms with E-state index >= 15 is 0 Å². The summed E-state index contributed by atoms with van der Waals surface area (Å²) >= 11 is 7.95. The summed E-state index contributed by atoms with van der Waals surface area (Å²) in [5, 5.41) is 0.816. The number of benzene rings is 1. The third-order valence-corrected chi connectivity index (χ3v) is 4.00. The molecular formula is C14H22ClNS. The monoisotopic (exact) mass is 271 g/mol. The van der Waals surface area contributed by atoms with Gasteiger partial charge < -0.3 is 5.73 Å². The molecule has 0 aromatic heterocycles. The maximum Gasteiger partial charge on any atom is 0.0417 e. The van der Waals surface area contributed by atoms with Gasteiger partial charge in [0.25, 0.3) is 0 Å². The summed E-state index contributed by atoms with van der Waals surface area (Å²) in [5.74, 6) is 1.17. The molecule has 0 amide bonds. The van der Waals surface area contributed by atoms with Crippen LogP contribution in [0, 0.1) is 0 Å². The van der Waals surface area contributed by atoms with E-state index in [1.165, 1.54) is 35.5 Å². The number of nitrogens with two attached hydrogens (primary N) is 1. The van der Waals surface area contributed by atoms with E-state index < -0.39 is 0 Å². The van der Waals surface area contributed by atoms with E-state index in [0.717, 1.165) is 11.4 Å². The average Bonchev–Trinajstić information content (AvgIpc) is 2.27. The van der Waals surface area contributed by atoms with Gasteiger partial charge in [0, 0.05) is 16.0 Å². The van der Waals surface area contributed by atoms with Crippen molar-refractivity contribution in [1.82, 2.24) is 0 Å². The Kier molecular flexibility index (Phi) is 7.02. The summed E-state index contributed by atoms with van der Waals surface area (Å²) in [7, 11) is 0. The molecule has 0 heterocycles. The maximum atomic E-state index is 6.05. The van der Waals surface area contributed by atoms with Gasteiger partial charge >= 0.3 is 0 Å². The van der Waals surface area contributed by atoms with Gasteiger partial charge in [-0.2, -0.15) is 0 Å². The predicted molar refractivity (Wildman–Crippen MR) is 79.1 cm³/mol. The van der Waals surface area contributed by atoms with Crippen LogP contribution in [-0.2, 0) is 6.42 Å². The highest BCUT2D eigenvalue weighted by atomic mass is 35.5. The smallest absolute Gasteiger partial charge is 0.0417 e. The van der Waals surface area contributed by atoms with Crippen LogP contribution in [0.25, 0.3) is 0 Å². The first kappa shape index (κ1) is 14.9. The van der Waals surface area contributed by atoms with E-state index in [9.17, 15) is 0 Å². The molecular weight excluding hydrogens is 250 g/mol. The van der Waals surface area contributed by atoms with E-state index in [-0.39, 0.29) is 6.04 Å². The van der Waals surface area contributed by atoms with Gasteiger partial charge in [-0.3, -0.25) is 0 Å². The Hall–Kier alpha value is -0.180. The van der Waals surface area contributed by atoms with Crippen molar-refractivity contribution in [2.24, 2.45) is 5.73 Å². The molecule has 3 heteroatoms. The summed E-state index contributed by atoms with van der Waals surface area (Å²) in [4.78, 5) is 1.30. The van der Waals surface area contributed by atoms with E-state index in [1.807, 2.05) is 24.8 Å². The Morgan fingerprint density at radius 1 is 1.35 bits per heavy atom. The molecule has 0 fully saturated rings. The van der Waals surface area contributed by atoms with Crippen LogP contribution in [-0.4, -0.2) is 11.8 Å². The molecule has 0 saturated heterocycles. The molecule has 0 spiro atoms. The molecule has 2 N–H and O–H groups in total. The zero-order chi connectivity index (χ0) is 12.7. The second kappa shape index (κ2) is 8.02. The van der Waals surface area contributed by atoms with Crippen LogP contribution in [0.3, 0.4) is 0 Å². The lowest BCUT2D eigenvalue weighted by Gasteiger charge is -2.11. The fourth-order valence-electron chi connectivity index (χ4n) is 1.71. The van der Waals surface area contributed by atoms with Crippen molar-refractivity contribution in [3.63, 3.8) is 0 Å². The highest BCUT2D eigenvalue weighted by Gasteiger charge is 2.06. The van der Waals surface area contributed by atoms with Crippen molar-refractivity contribution in [1.29, 1.82) is 0 Å². The topological polar surface area (TPSA) is 26.0 Å². The van der Waals surface area contributed by atoms with Gasteiger partial charge in [-0.1, -0.05) is 37.4 Å². The first-order valence-corrected chi connectivity index (χ1v) is 7.66. The Bertz CT molecular complexity index is 339. The van der Waals surface area contributed by atoms with Crippen molar-refractivity contribution < 1.29 is 0 Å². The van der Waals surface area contributed by atoms with Crippen LogP contribution in [0.2, 0.25) is 5.02 Å². The Balaban J connectivity index is 2.63. The molecule has 0 radical (unpaired) electrons. The van der Waals surface area contributed by atoms with Gasteiger partial charge in [0.1, 0.15) is 0 Å². The van der Waals surface area contributed by atoms with Crippen LogP contribution in [0.4, 0.5) is 0 Å². The first-order valence-electron chi connectivity index (χ1n) is 6.30. The van der Waals surface area contributed by atoms with E-state index in [4.69, 9.17) is 17.3 Å². The normalized spacial score (nSPS) is 12.7. The lowest BCUT2D eigenvalue weighted by Crippen LogP contribution is -2.18. The Morgan fingerprint density at radius 3 is 2.76 bits per heavy atom. The highest BCUT2D eigenvalue weighted by molar-refractivity contribution is 7.99. The van der Waals surface area contributed by atoms with E-state index in [0.29, 0.717) is 0 Å². The minimum atomic E-state index is 0.200. The lowest BCUT2D eigenvalue weighted by atomic mass is 10.1. The molecule has 1 rings (SSSR count). The molecule has 1 aromatic rings. The number of unbranched alkanes of at least 4 members (excludes halogenated alkanes) is 2. The molecule has 0 aliphatic carbocycles. The largest absolute Gasteiger partial charge is 0.328 e. The van der Waals surface area contributed by atoms with E-state index in [1.54, 1.807) is 0 Å². The van der Waals surface area contributed by atoms with Crippen LogP contribution < -0.4 is 5.73 Å². The van der Waals surface area contributed by atoms with Crippen molar-refractivity contribution in [2.45, 2.75) is 50.5 Å². The third kappa shape index (κ3) is 5.80. The third-order valence-electron chi connectivity index (χ3n) is 2.58. The number of hydrogen-bond acceptors (Lipinski definition) is 2. The molecule has 1 unspecified atom stereocenters. The van der Waals surface area contributed by atoms with Crippen LogP contribution >= 0.6 is 23.4 Å². The molecule has 0 aliphatic rings. The Labute approximate surface area is 114 Å². The van der Waals surface area contributed by atoms with Gasteiger partial charge in [-0.05, 0) is 43.2 Å². The van der Waals surface area contributed by atoms with E-state index in [2.05, 4.69) is 19.1 Å². The van der Waals surface area contributed by atoms with Crippen LogP contribution in [0.1, 0.15) is 38.7 Å². The fraction of sp³-hybridized carbons (Fsp3) is 0.571. The number of thioether (sulfide) groups is 1. The van der Waals surface area contributed by atoms with Gasteiger partial charge in [-0.25, -0.2) is 0 Å². The highest BCUT2D eigenvalue weighted by Crippen LogP contribution is 2.28. The van der Waals surface area contributed by atoms with Gasteiger partial charge in [0.15, 0.2) is 0 Å². The quantitative estimate of drug-likeness (QED) is 0.583. The Morgan fingerprint density at radius 2 is 2.12 bits per heavy atom. The van der Waals surface area contributed by atoms with Crippen molar-refractivity contribution in [3.05, 3.63) is 28.8 Å². The second-order valence-corrected chi connectivity index (χ2v) is 6.06. The van der Waals surface area contributed by atoms with Gasteiger partial charge in [-0.15, -0.1) is 11.8 Å². The summed E-state index contributed by atoms with van der Waals surface area (Å²) in [6.07, 6.45) is 4.76. The summed E-state index contributed by atoms with van der Waals surface area (Å²) in [5.41, 5.74) is 7.19. The fourth-order valence-corrected chi connectivity index (χ4v) is 3.06. The van der Waals surface area contributed by atoms with Crippen LogP contribution in [0.15, 0.2) is 23.1 Å².